The van der Waals surface area contributed by atoms with Crippen LogP contribution in [0.2, 0.25) is 0 Å². The van der Waals surface area contributed by atoms with Crippen molar-refractivity contribution in [3.63, 3.8) is 0 Å². The van der Waals surface area contributed by atoms with Crippen LogP contribution in [0.25, 0.3) is 0 Å². The van der Waals surface area contributed by atoms with Crippen LogP contribution in [0.15, 0.2) is 0 Å². The molecular formula is C8H3ClF10O. The average Bonchev–Trinajstić information content (AvgIpc) is 2.24. The fourth-order valence-corrected chi connectivity index (χ4v) is 1.90. The Kier molecular flexibility index (Phi) is 3.22. The molecule has 0 saturated heterocycles. The van der Waals surface area contributed by atoms with Crippen molar-refractivity contribution in [2.75, 3.05) is 0 Å². The zero-order valence-corrected chi connectivity index (χ0v) is 9.82. The maximum Gasteiger partial charge on any atom is 0.384 e. The van der Waals surface area contributed by atoms with E-state index < -0.39 is 47.2 Å². The Morgan fingerprint density at radius 3 is 1.05 bits per heavy atom. The quantitative estimate of drug-likeness (QED) is 0.522. The Balaban J connectivity index is 3.88. The second-order valence-electron chi connectivity index (χ2n) is 4.27. The number of halogens is 11. The van der Waals surface area contributed by atoms with Gasteiger partial charge in [-0.05, 0) is 18.5 Å². The lowest BCUT2D eigenvalue weighted by Crippen LogP contribution is -2.82. The smallest absolute Gasteiger partial charge is 0.280 e. The third-order valence-electron chi connectivity index (χ3n) is 3.23. The van der Waals surface area contributed by atoms with Crippen molar-refractivity contribution in [3.05, 3.63) is 0 Å². The molecule has 1 aliphatic carbocycles. The Labute approximate surface area is 108 Å². The van der Waals surface area contributed by atoms with Crippen LogP contribution in [-0.4, -0.2) is 34.9 Å². The van der Waals surface area contributed by atoms with Crippen molar-refractivity contribution < 1.29 is 48.7 Å². The summed E-state index contributed by atoms with van der Waals surface area (Å²) in [4.78, 5) is 10.6. The van der Waals surface area contributed by atoms with E-state index in [1.807, 2.05) is 0 Å². The SMILES string of the molecule is CC1(C(=O)Cl)C(F)(F)C(F)(F)C(F)(F)C(F)(F)C1(F)F. The standard InChI is InChI=1S/C8H3ClF10O/c1-3(2(9)20)4(10,11)6(14,15)8(18,19)7(16,17)5(3,12)13/h1H3. The van der Waals surface area contributed by atoms with Gasteiger partial charge in [0.15, 0.2) is 5.41 Å². The van der Waals surface area contributed by atoms with E-state index in [2.05, 4.69) is 11.6 Å². The van der Waals surface area contributed by atoms with E-state index in [9.17, 15) is 48.7 Å². The van der Waals surface area contributed by atoms with Gasteiger partial charge < -0.3 is 0 Å². The minimum absolute atomic E-state index is 0.723. The third kappa shape index (κ3) is 1.30. The first kappa shape index (κ1) is 17.3. The van der Waals surface area contributed by atoms with Crippen LogP contribution in [-0.2, 0) is 4.79 Å². The molecule has 0 aromatic carbocycles. The van der Waals surface area contributed by atoms with Crippen molar-refractivity contribution >= 4 is 16.8 Å². The molecule has 0 atom stereocenters. The summed E-state index contributed by atoms with van der Waals surface area (Å²) >= 11 is 4.30. The molecule has 1 saturated carbocycles. The molecule has 0 amide bonds. The minimum Gasteiger partial charge on any atom is -0.280 e. The van der Waals surface area contributed by atoms with Crippen LogP contribution < -0.4 is 0 Å². The highest BCUT2D eigenvalue weighted by molar-refractivity contribution is 6.65. The lowest BCUT2D eigenvalue weighted by Gasteiger charge is -2.53. The highest BCUT2D eigenvalue weighted by Crippen LogP contribution is 2.71. The molecule has 118 valence electrons. The highest BCUT2D eigenvalue weighted by Gasteiger charge is 3.00. The zero-order valence-electron chi connectivity index (χ0n) is 9.07. The van der Waals surface area contributed by atoms with Gasteiger partial charge in [0.05, 0.1) is 0 Å². The molecule has 12 heteroatoms. The molecule has 0 heterocycles. The van der Waals surface area contributed by atoms with Gasteiger partial charge in [-0.3, -0.25) is 4.79 Å². The van der Waals surface area contributed by atoms with Gasteiger partial charge in [-0.15, -0.1) is 0 Å². The van der Waals surface area contributed by atoms with E-state index in [0.717, 1.165) is 0 Å². The topological polar surface area (TPSA) is 17.1 Å². The first-order valence-corrected chi connectivity index (χ1v) is 4.91. The predicted octanol–water partition coefficient (Wildman–Crippen LogP) is 3.95. The van der Waals surface area contributed by atoms with Gasteiger partial charge in [0.2, 0.25) is 5.24 Å². The molecule has 1 nitrogen and oxygen atoms in total. The van der Waals surface area contributed by atoms with Crippen molar-refractivity contribution in [2.45, 2.75) is 36.5 Å². The number of alkyl halides is 10. The number of carbonyl (C=O) groups excluding carboxylic acids is 1. The summed E-state index contributed by atoms with van der Waals surface area (Å²) in [6.07, 6.45) is 0. The zero-order chi connectivity index (χ0) is 16.6. The maximum atomic E-state index is 13.3. The molecule has 20 heavy (non-hydrogen) atoms. The fraction of sp³-hybridized carbons (Fsp3) is 0.875. The first-order chi connectivity index (χ1) is 8.44. The molecular weight excluding hydrogens is 338 g/mol. The van der Waals surface area contributed by atoms with E-state index >= 15 is 0 Å². The molecule has 0 aromatic heterocycles. The van der Waals surface area contributed by atoms with Crippen molar-refractivity contribution in [2.24, 2.45) is 5.41 Å². The largest absolute Gasteiger partial charge is 0.384 e. The van der Waals surface area contributed by atoms with Gasteiger partial charge in [-0.1, -0.05) is 0 Å². The van der Waals surface area contributed by atoms with E-state index in [1.165, 1.54) is 0 Å². The van der Waals surface area contributed by atoms with Crippen LogP contribution in [0, 0.1) is 5.41 Å². The van der Waals surface area contributed by atoms with Crippen molar-refractivity contribution in [1.82, 2.24) is 0 Å². The lowest BCUT2D eigenvalue weighted by molar-refractivity contribution is -0.475. The summed E-state index contributed by atoms with van der Waals surface area (Å²) in [7, 11) is 0. The molecule has 0 N–H and O–H groups in total. The average molecular weight is 341 g/mol. The van der Waals surface area contributed by atoms with Gasteiger partial charge in [-0.2, -0.15) is 43.9 Å². The minimum atomic E-state index is -7.10. The maximum absolute atomic E-state index is 13.3. The number of rotatable bonds is 1. The van der Waals surface area contributed by atoms with Gasteiger partial charge in [0.1, 0.15) is 0 Å². The van der Waals surface area contributed by atoms with Crippen LogP contribution >= 0.6 is 11.6 Å². The van der Waals surface area contributed by atoms with Crippen LogP contribution in [0.1, 0.15) is 6.92 Å². The third-order valence-corrected chi connectivity index (χ3v) is 3.60. The Hall–Kier alpha value is -0.740. The summed E-state index contributed by atoms with van der Waals surface area (Å²) in [5.74, 6) is -34.0. The number of hydrogen-bond acceptors (Lipinski definition) is 1. The second kappa shape index (κ2) is 3.72. The van der Waals surface area contributed by atoms with E-state index in [1.54, 1.807) is 0 Å². The van der Waals surface area contributed by atoms with Crippen LogP contribution in [0.5, 0.6) is 0 Å². The van der Waals surface area contributed by atoms with E-state index in [4.69, 9.17) is 0 Å². The molecule has 0 bridgehead atoms. The molecule has 0 spiro atoms. The Bertz CT molecular complexity index is 426. The summed E-state index contributed by atoms with van der Waals surface area (Å²) < 4.78 is 130. The highest BCUT2D eigenvalue weighted by atomic mass is 35.5. The van der Waals surface area contributed by atoms with E-state index in [-0.39, 0.29) is 0 Å². The monoisotopic (exact) mass is 340 g/mol. The molecule has 0 aromatic rings. The summed E-state index contributed by atoms with van der Waals surface area (Å²) in [6, 6.07) is 0. The van der Waals surface area contributed by atoms with Gasteiger partial charge in [0.25, 0.3) is 0 Å². The first-order valence-electron chi connectivity index (χ1n) is 4.53. The molecule has 0 radical (unpaired) electrons. The van der Waals surface area contributed by atoms with Crippen molar-refractivity contribution in [3.8, 4) is 0 Å². The Morgan fingerprint density at radius 1 is 0.650 bits per heavy atom. The van der Waals surface area contributed by atoms with Crippen molar-refractivity contribution in [1.29, 1.82) is 0 Å². The second-order valence-corrected chi connectivity index (χ2v) is 4.61. The summed E-state index contributed by atoms with van der Waals surface area (Å²) in [5, 5.41) is -3.00. The molecule has 0 unspecified atom stereocenters. The molecule has 0 aliphatic heterocycles. The molecule has 1 fully saturated rings. The van der Waals surface area contributed by atoms with Crippen LogP contribution in [0.3, 0.4) is 0 Å². The number of carbonyl (C=O) groups is 1. The van der Waals surface area contributed by atoms with Gasteiger partial charge in [0, 0.05) is 0 Å². The molecule has 1 rings (SSSR count). The number of hydrogen-bond donors (Lipinski definition) is 0. The predicted molar refractivity (Wildman–Crippen MR) is 43.7 cm³/mol. The van der Waals surface area contributed by atoms with Gasteiger partial charge >= 0.3 is 29.6 Å². The summed E-state index contributed by atoms with van der Waals surface area (Å²) in [5.41, 5.74) is -5.23. The van der Waals surface area contributed by atoms with Gasteiger partial charge in [-0.25, -0.2) is 0 Å². The normalized spacial score (nSPS) is 31.6. The van der Waals surface area contributed by atoms with E-state index in [0.29, 0.717) is 0 Å². The molecule has 1 aliphatic rings. The lowest BCUT2D eigenvalue weighted by atomic mass is 9.65. The Morgan fingerprint density at radius 2 is 0.850 bits per heavy atom. The summed E-state index contributed by atoms with van der Waals surface area (Å²) in [6.45, 7) is -0.723. The fourth-order valence-electron chi connectivity index (χ4n) is 1.66. The van der Waals surface area contributed by atoms with Crippen LogP contribution in [0.4, 0.5) is 43.9 Å².